The van der Waals surface area contributed by atoms with Gasteiger partial charge in [0.2, 0.25) is 11.8 Å². The van der Waals surface area contributed by atoms with Gasteiger partial charge in [-0.05, 0) is 12.1 Å². The van der Waals surface area contributed by atoms with E-state index < -0.39 is 11.8 Å². The number of hydrogen-bond donors (Lipinski definition) is 1. The summed E-state index contributed by atoms with van der Waals surface area (Å²) in [5, 5.41) is 0. The Kier molecular flexibility index (Phi) is 5.23. The van der Waals surface area contributed by atoms with Crippen LogP contribution >= 0.6 is 0 Å². The van der Waals surface area contributed by atoms with E-state index in [4.69, 9.17) is 5.73 Å². The first-order valence-electron chi connectivity index (χ1n) is 6.06. The Balaban J connectivity index is 2.73. The van der Waals surface area contributed by atoms with Crippen LogP contribution in [0.15, 0.2) is 30.3 Å². The van der Waals surface area contributed by atoms with Crippen molar-refractivity contribution in [3.63, 3.8) is 0 Å². The topological polar surface area (TPSA) is 80.5 Å². The third-order valence-corrected chi connectivity index (χ3v) is 2.80. The first kappa shape index (κ1) is 14.9. The molecular weight excluding hydrogens is 244 g/mol. The van der Waals surface area contributed by atoms with E-state index in [1.54, 1.807) is 31.2 Å². The zero-order chi connectivity index (χ0) is 14.4. The molecule has 0 unspecified atom stereocenters. The van der Waals surface area contributed by atoms with Gasteiger partial charge in [0.15, 0.2) is 5.78 Å². The van der Waals surface area contributed by atoms with Crippen LogP contribution in [0.5, 0.6) is 0 Å². The summed E-state index contributed by atoms with van der Waals surface area (Å²) in [5.41, 5.74) is 5.78. The van der Waals surface area contributed by atoms with Crippen molar-refractivity contribution in [3.05, 3.63) is 30.3 Å². The molecule has 0 bridgehead atoms. The average molecular weight is 262 g/mol. The lowest BCUT2D eigenvalue weighted by molar-refractivity contribution is -0.126. The summed E-state index contributed by atoms with van der Waals surface area (Å²) in [5.74, 6) is -1.43. The van der Waals surface area contributed by atoms with Crippen molar-refractivity contribution in [1.29, 1.82) is 0 Å². The Morgan fingerprint density at radius 3 is 2.26 bits per heavy atom. The smallest absolute Gasteiger partial charge is 0.224 e. The molecule has 102 valence electrons. The van der Waals surface area contributed by atoms with Gasteiger partial charge in [-0.2, -0.15) is 0 Å². The van der Waals surface area contributed by atoms with Crippen LogP contribution in [0.4, 0.5) is 5.69 Å². The number of ketones is 1. The van der Waals surface area contributed by atoms with E-state index in [0.717, 1.165) is 0 Å². The van der Waals surface area contributed by atoms with Crippen molar-refractivity contribution < 1.29 is 14.4 Å². The maximum absolute atomic E-state index is 11.8. The van der Waals surface area contributed by atoms with Gasteiger partial charge in [-0.3, -0.25) is 14.4 Å². The van der Waals surface area contributed by atoms with Crippen LogP contribution in [0.1, 0.15) is 20.3 Å². The highest BCUT2D eigenvalue weighted by Gasteiger charge is 2.19. The molecule has 5 nitrogen and oxygen atoms in total. The van der Waals surface area contributed by atoms with Gasteiger partial charge in [-0.15, -0.1) is 0 Å². The normalized spacial score (nSPS) is 11.7. The quantitative estimate of drug-likeness (QED) is 0.834. The number of Topliss-reactive ketones (excluding diaryl/α,β-unsaturated/α-hetero) is 1. The summed E-state index contributed by atoms with van der Waals surface area (Å²) >= 11 is 0. The first-order chi connectivity index (χ1) is 8.91. The van der Waals surface area contributed by atoms with E-state index in [9.17, 15) is 14.4 Å². The summed E-state index contributed by atoms with van der Waals surface area (Å²) in [6, 6.07) is 8.93. The molecular formula is C14H18N2O3. The molecule has 2 N–H and O–H groups in total. The Morgan fingerprint density at radius 2 is 1.79 bits per heavy atom. The molecule has 0 saturated carbocycles. The molecule has 0 spiro atoms. The fraction of sp³-hybridized carbons (Fsp3) is 0.357. The Bertz CT molecular complexity index is 471. The average Bonchev–Trinajstić information content (AvgIpc) is 2.36. The summed E-state index contributed by atoms with van der Waals surface area (Å²) < 4.78 is 0. The Labute approximate surface area is 112 Å². The maximum Gasteiger partial charge on any atom is 0.224 e. The first-order valence-corrected chi connectivity index (χ1v) is 6.06. The second kappa shape index (κ2) is 6.68. The summed E-state index contributed by atoms with van der Waals surface area (Å²) in [6.45, 7) is 2.95. The fourth-order valence-corrected chi connectivity index (χ4v) is 1.68. The summed E-state index contributed by atoms with van der Waals surface area (Å²) in [4.78, 5) is 35.7. The van der Waals surface area contributed by atoms with Gasteiger partial charge in [0.1, 0.15) is 0 Å². The van der Waals surface area contributed by atoms with Crippen molar-refractivity contribution in [2.75, 3.05) is 11.4 Å². The molecule has 0 fully saturated rings. The number of hydrogen-bond acceptors (Lipinski definition) is 3. The van der Waals surface area contributed by atoms with E-state index in [-0.39, 0.29) is 24.7 Å². The SMILES string of the molecule is CC(=O)N(CC(=O)C[C@H](C)C(N)=O)c1ccccc1. The van der Waals surface area contributed by atoms with E-state index in [0.29, 0.717) is 5.69 Å². The van der Waals surface area contributed by atoms with Crippen molar-refractivity contribution in [2.45, 2.75) is 20.3 Å². The number of carbonyl (C=O) groups is 3. The number of nitrogens with two attached hydrogens (primary N) is 1. The van der Waals surface area contributed by atoms with Gasteiger partial charge in [0.05, 0.1) is 6.54 Å². The van der Waals surface area contributed by atoms with Crippen LogP contribution in [0.25, 0.3) is 0 Å². The van der Waals surface area contributed by atoms with E-state index >= 15 is 0 Å². The van der Waals surface area contributed by atoms with Crippen LogP contribution in [0.2, 0.25) is 0 Å². The van der Waals surface area contributed by atoms with E-state index in [1.807, 2.05) is 6.07 Å². The predicted molar refractivity (Wildman–Crippen MR) is 72.5 cm³/mol. The largest absolute Gasteiger partial charge is 0.369 e. The van der Waals surface area contributed by atoms with Crippen LogP contribution in [0, 0.1) is 5.92 Å². The standard InChI is InChI=1S/C14H18N2O3/c1-10(14(15)19)8-13(18)9-16(11(2)17)12-6-4-3-5-7-12/h3-7,10H,8-9H2,1-2H3,(H2,15,19)/t10-/m0/s1. The minimum atomic E-state index is -0.517. The maximum atomic E-state index is 11.8. The molecule has 1 aromatic carbocycles. The highest BCUT2D eigenvalue weighted by Crippen LogP contribution is 2.14. The second-order valence-electron chi connectivity index (χ2n) is 4.49. The molecule has 19 heavy (non-hydrogen) atoms. The molecule has 0 aliphatic rings. The number of primary amides is 1. The number of carbonyl (C=O) groups excluding carboxylic acids is 3. The molecule has 2 amide bonds. The van der Waals surface area contributed by atoms with Gasteiger partial charge < -0.3 is 10.6 Å². The molecule has 1 atom stereocenters. The zero-order valence-electron chi connectivity index (χ0n) is 11.1. The van der Waals surface area contributed by atoms with Gasteiger partial charge >= 0.3 is 0 Å². The molecule has 0 heterocycles. The molecule has 0 aromatic heterocycles. The third kappa shape index (κ3) is 4.54. The lowest BCUT2D eigenvalue weighted by Gasteiger charge is -2.20. The second-order valence-corrected chi connectivity index (χ2v) is 4.49. The number of amides is 2. The van der Waals surface area contributed by atoms with Gasteiger partial charge in [0.25, 0.3) is 0 Å². The summed E-state index contributed by atoms with van der Waals surface area (Å²) in [6.07, 6.45) is 0.0476. The van der Waals surface area contributed by atoms with E-state index in [2.05, 4.69) is 0 Å². The highest BCUT2D eigenvalue weighted by molar-refractivity contribution is 5.98. The number of anilines is 1. The minimum absolute atomic E-state index is 0.0447. The lowest BCUT2D eigenvalue weighted by atomic mass is 10.0. The van der Waals surface area contributed by atoms with E-state index in [1.165, 1.54) is 11.8 Å². The van der Waals surface area contributed by atoms with Crippen LogP contribution in [-0.4, -0.2) is 24.1 Å². The highest BCUT2D eigenvalue weighted by atomic mass is 16.2. The van der Waals surface area contributed by atoms with Crippen molar-refractivity contribution in [2.24, 2.45) is 11.7 Å². The van der Waals surface area contributed by atoms with Crippen molar-refractivity contribution in [3.8, 4) is 0 Å². The molecule has 0 radical (unpaired) electrons. The van der Waals surface area contributed by atoms with Crippen molar-refractivity contribution in [1.82, 2.24) is 0 Å². The Hall–Kier alpha value is -2.17. The van der Waals surface area contributed by atoms with Gasteiger partial charge in [0, 0.05) is 24.9 Å². The number of benzene rings is 1. The number of rotatable bonds is 6. The molecule has 0 aliphatic carbocycles. The minimum Gasteiger partial charge on any atom is -0.369 e. The molecule has 5 heteroatoms. The number of nitrogens with zero attached hydrogens (tertiary/aromatic N) is 1. The molecule has 0 aliphatic heterocycles. The van der Waals surface area contributed by atoms with Crippen molar-refractivity contribution >= 4 is 23.3 Å². The predicted octanol–water partition coefficient (Wildman–Crippen LogP) is 1.12. The van der Waals surface area contributed by atoms with Crippen LogP contribution in [-0.2, 0) is 14.4 Å². The van der Waals surface area contributed by atoms with Gasteiger partial charge in [-0.1, -0.05) is 25.1 Å². The molecule has 1 rings (SSSR count). The lowest BCUT2D eigenvalue weighted by Crippen LogP contribution is -2.35. The zero-order valence-corrected chi connectivity index (χ0v) is 11.1. The monoisotopic (exact) mass is 262 g/mol. The van der Waals surface area contributed by atoms with Gasteiger partial charge in [-0.25, -0.2) is 0 Å². The third-order valence-electron chi connectivity index (χ3n) is 2.80. The molecule has 0 saturated heterocycles. The fourth-order valence-electron chi connectivity index (χ4n) is 1.68. The molecule has 1 aromatic rings. The number of para-hydroxylation sites is 1. The van der Waals surface area contributed by atoms with Crippen LogP contribution in [0.3, 0.4) is 0 Å². The summed E-state index contributed by atoms with van der Waals surface area (Å²) in [7, 11) is 0. The van der Waals surface area contributed by atoms with Crippen LogP contribution < -0.4 is 10.6 Å². The Morgan fingerprint density at radius 1 is 1.21 bits per heavy atom.